The third kappa shape index (κ3) is 2.37. The van der Waals surface area contributed by atoms with Crippen LogP contribution < -0.4 is 0 Å². The molecule has 0 aromatic heterocycles. The van der Waals surface area contributed by atoms with Crippen molar-refractivity contribution >= 4 is 11.6 Å². The number of benzene rings is 1. The summed E-state index contributed by atoms with van der Waals surface area (Å²) in [4.78, 5) is 0. The molecule has 1 aromatic rings. The fourth-order valence-corrected chi connectivity index (χ4v) is 3.59. The maximum Gasteiger partial charge on any atom is 0.133 e. The molecular weight excluding hydrogens is 261 g/mol. The van der Waals surface area contributed by atoms with E-state index in [0.717, 1.165) is 19.3 Å². The van der Waals surface area contributed by atoms with Crippen LogP contribution in [0.1, 0.15) is 44.1 Å². The molecule has 1 saturated carbocycles. The Morgan fingerprint density at radius 3 is 2.22 bits per heavy atom. The first kappa shape index (κ1) is 13.7. The van der Waals surface area contributed by atoms with Crippen molar-refractivity contribution < 1.29 is 13.2 Å². The van der Waals surface area contributed by atoms with Gasteiger partial charge in [-0.3, -0.25) is 0 Å². The van der Waals surface area contributed by atoms with Gasteiger partial charge in [0, 0.05) is 17.7 Å². The van der Waals surface area contributed by atoms with Crippen LogP contribution in [0.4, 0.5) is 13.2 Å². The molecule has 0 bridgehead atoms. The summed E-state index contributed by atoms with van der Waals surface area (Å²) in [5, 5.41) is -0.747. The van der Waals surface area contributed by atoms with E-state index in [0.29, 0.717) is 12.1 Å². The molecule has 0 nitrogen and oxygen atoms in total. The first-order chi connectivity index (χ1) is 8.33. The Hall–Kier alpha value is -0.700. The molecule has 2 rings (SSSR count). The lowest BCUT2D eigenvalue weighted by molar-refractivity contribution is 0.247. The van der Waals surface area contributed by atoms with Gasteiger partial charge in [-0.05, 0) is 24.2 Å². The van der Waals surface area contributed by atoms with Gasteiger partial charge in [0.05, 0.1) is 5.38 Å². The van der Waals surface area contributed by atoms with E-state index in [1.165, 1.54) is 0 Å². The number of hydrogen-bond donors (Lipinski definition) is 0. The lowest BCUT2D eigenvalue weighted by Crippen LogP contribution is -2.23. The van der Waals surface area contributed by atoms with Crippen LogP contribution >= 0.6 is 11.6 Å². The minimum atomic E-state index is -0.914. The van der Waals surface area contributed by atoms with Crippen LogP contribution in [0, 0.1) is 28.8 Å². The monoisotopic (exact) mass is 276 g/mol. The maximum absolute atomic E-state index is 13.7. The molecule has 0 amide bonds. The first-order valence-corrected chi connectivity index (χ1v) is 6.55. The van der Waals surface area contributed by atoms with Crippen LogP contribution in [-0.2, 0) is 0 Å². The second-order valence-electron chi connectivity index (χ2n) is 5.67. The van der Waals surface area contributed by atoms with Crippen molar-refractivity contribution in [3.05, 3.63) is 35.1 Å². The zero-order valence-electron chi connectivity index (χ0n) is 10.4. The van der Waals surface area contributed by atoms with Crippen molar-refractivity contribution in [2.24, 2.45) is 11.3 Å². The maximum atomic E-state index is 13.7. The summed E-state index contributed by atoms with van der Waals surface area (Å²) in [7, 11) is 0. The number of halogens is 4. The van der Waals surface area contributed by atoms with E-state index >= 15 is 0 Å². The molecule has 18 heavy (non-hydrogen) atoms. The molecular formula is C14H16ClF3. The molecule has 1 aromatic carbocycles. The Labute approximate surface area is 110 Å². The molecule has 1 fully saturated rings. The highest BCUT2D eigenvalue weighted by Gasteiger charge is 2.41. The van der Waals surface area contributed by atoms with Crippen LogP contribution in [0.25, 0.3) is 0 Å². The predicted molar refractivity (Wildman–Crippen MR) is 66.0 cm³/mol. The smallest absolute Gasteiger partial charge is 0.133 e. The molecule has 0 heterocycles. The Morgan fingerprint density at radius 1 is 1.22 bits per heavy atom. The summed E-state index contributed by atoms with van der Waals surface area (Å²) >= 11 is 6.26. The summed E-state index contributed by atoms with van der Waals surface area (Å²) in [5.74, 6) is -2.69. The molecule has 0 N–H and O–H groups in total. The average molecular weight is 277 g/mol. The lowest BCUT2D eigenvalue weighted by atomic mass is 9.78. The first-order valence-electron chi connectivity index (χ1n) is 6.11. The van der Waals surface area contributed by atoms with Gasteiger partial charge in [0.2, 0.25) is 0 Å². The summed E-state index contributed by atoms with van der Waals surface area (Å²) in [5.41, 5.74) is -0.238. The Balaban J connectivity index is 2.37. The molecule has 1 aliphatic carbocycles. The Kier molecular flexibility index (Phi) is 3.63. The van der Waals surface area contributed by atoms with Crippen LogP contribution in [0.5, 0.6) is 0 Å². The number of alkyl halides is 1. The van der Waals surface area contributed by atoms with E-state index < -0.39 is 22.8 Å². The molecule has 0 radical (unpaired) electrons. The topological polar surface area (TPSA) is 0 Å². The largest absolute Gasteiger partial charge is 0.207 e. The molecule has 0 aliphatic heterocycles. The van der Waals surface area contributed by atoms with Gasteiger partial charge in [-0.2, -0.15) is 0 Å². The second kappa shape index (κ2) is 4.76. The standard InChI is InChI=1S/C14H16ClF3/c1-14(2)5-3-4-9(14)13(15)12-10(17)6-8(16)7-11(12)18/h6-7,9,13H,3-5H2,1-2H3. The van der Waals surface area contributed by atoms with E-state index in [4.69, 9.17) is 11.6 Å². The van der Waals surface area contributed by atoms with Crippen LogP contribution in [0.3, 0.4) is 0 Å². The summed E-state index contributed by atoms with van der Waals surface area (Å²) in [6.45, 7) is 4.11. The van der Waals surface area contributed by atoms with E-state index in [2.05, 4.69) is 13.8 Å². The fourth-order valence-electron chi connectivity index (χ4n) is 2.91. The number of hydrogen-bond acceptors (Lipinski definition) is 0. The van der Waals surface area contributed by atoms with E-state index in [1.807, 2.05) is 0 Å². The molecule has 0 saturated heterocycles. The van der Waals surface area contributed by atoms with Gasteiger partial charge in [0.15, 0.2) is 0 Å². The van der Waals surface area contributed by atoms with Gasteiger partial charge in [0.25, 0.3) is 0 Å². The van der Waals surface area contributed by atoms with Crippen LogP contribution in [0.2, 0.25) is 0 Å². The highest BCUT2D eigenvalue weighted by molar-refractivity contribution is 6.21. The Morgan fingerprint density at radius 2 is 1.78 bits per heavy atom. The lowest BCUT2D eigenvalue weighted by Gasteiger charge is -2.31. The van der Waals surface area contributed by atoms with Gasteiger partial charge in [0.1, 0.15) is 17.5 Å². The minimum Gasteiger partial charge on any atom is -0.207 e. The van der Waals surface area contributed by atoms with E-state index in [1.54, 1.807) is 0 Å². The second-order valence-corrected chi connectivity index (χ2v) is 6.14. The molecule has 0 spiro atoms. The van der Waals surface area contributed by atoms with Gasteiger partial charge in [-0.25, -0.2) is 13.2 Å². The van der Waals surface area contributed by atoms with E-state index in [-0.39, 0.29) is 16.9 Å². The normalized spacial score (nSPS) is 24.2. The van der Waals surface area contributed by atoms with Crippen LogP contribution in [0.15, 0.2) is 12.1 Å². The highest BCUT2D eigenvalue weighted by Crippen LogP contribution is 2.51. The van der Waals surface area contributed by atoms with Gasteiger partial charge >= 0.3 is 0 Å². The van der Waals surface area contributed by atoms with Gasteiger partial charge in [-0.1, -0.05) is 20.3 Å². The quantitative estimate of drug-likeness (QED) is 0.651. The van der Waals surface area contributed by atoms with Gasteiger partial charge < -0.3 is 0 Å². The van der Waals surface area contributed by atoms with Crippen molar-refractivity contribution in [2.45, 2.75) is 38.5 Å². The molecule has 2 atom stereocenters. The molecule has 2 unspecified atom stereocenters. The Bertz CT molecular complexity index is 433. The van der Waals surface area contributed by atoms with Crippen molar-refractivity contribution in [1.82, 2.24) is 0 Å². The highest BCUT2D eigenvalue weighted by atomic mass is 35.5. The zero-order chi connectivity index (χ0) is 13.5. The SMILES string of the molecule is CC1(C)CCCC1C(Cl)c1c(F)cc(F)cc1F. The molecule has 1 aliphatic rings. The number of rotatable bonds is 2. The molecule has 100 valence electrons. The third-order valence-corrected chi connectivity index (χ3v) is 4.54. The predicted octanol–water partition coefficient (Wildman–Crippen LogP) is 5.21. The van der Waals surface area contributed by atoms with Crippen molar-refractivity contribution in [3.8, 4) is 0 Å². The third-order valence-electron chi connectivity index (χ3n) is 4.01. The average Bonchev–Trinajstić information content (AvgIpc) is 2.56. The van der Waals surface area contributed by atoms with Crippen molar-refractivity contribution in [3.63, 3.8) is 0 Å². The summed E-state index contributed by atoms with van der Waals surface area (Å²) in [6.07, 6.45) is 2.84. The summed E-state index contributed by atoms with van der Waals surface area (Å²) < 4.78 is 40.3. The van der Waals surface area contributed by atoms with Gasteiger partial charge in [-0.15, -0.1) is 11.6 Å². The zero-order valence-corrected chi connectivity index (χ0v) is 11.2. The van der Waals surface area contributed by atoms with Crippen LogP contribution in [-0.4, -0.2) is 0 Å². The molecule has 4 heteroatoms. The fraction of sp³-hybridized carbons (Fsp3) is 0.571. The van der Waals surface area contributed by atoms with Crippen molar-refractivity contribution in [2.75, 3.05) is 0 Å². The summed E-state index contributed by atoms with van der Waals surface area (Å²) in [6, 6.07) is 1.38. The van der Waals surface area contributed by atoms with E-state index in [9.17, 15) is 13.2 Å². The van der Waals surface area contributed by atoms with Crippen molar-refractivity contribution in [1.29, 1.82) is 0 Å². The minimum absolute atomic E-state index is 0.00799.